The third kappa shape index (κ3) is 7.75. The zero-order valence-corrected chi connectivity index (χ0v) is 55.6. The van der Waals surface area contributed by atoms with Gasteiger partial charge in [-0.15, -0.1) is 0 Å². The summed E-state index contributed by atoms with van der Waals surface area (Å²) in [5.41, 5.74) is 35.2. The summed E-state index contributed by atoms with van der Waals surface area (Å²) in [5, 5.41) is 4.92. The molecular formula is C98H62N4. The van der Waals surface area contributed by atoms with Gasteiger partial charge in [0.2, 0.25) is 0 Å². The van der Waals surface area contributed by atoms with Gasteiger partial charge in [-0.2, -0.15) is 0 Å². The highest BCUT2D eigenvalue weighted by Gasteiger charge is 2.53. The van der Waals surface area contributed by atoms with Crippen molar-refractivity contribution >= 4 is 77.7 Å². The molecule has 0 saturated carbocycles. The number of anilines is 6. The van der Waals surface area contributed by atoms with Gasteiger partial charge in [0.25, 0.3) is 0 Å². The fourth-order valence-electron chi connectivity index (χ4n) is 18.8. The van der Waals surface area contributed by atoms with Gasteiger partial charge < -0.3 is 18.9 Å². The lowest BCUT2D eigenvalue weighted by molar-refractivity contribution is 0.753. The van der Waals surface area contributed by atoms with E-state index in [1.165, 1.54) is 155 Å². The predicted molar refractivity (Wildman–Crippen MR) is 423 cm³/mol. The highest BCUT2D eigenvalue weighted by molar-refractivity contribution is 6.12. The van der Waals surface area contributed by atoms with E-state index in [1.807, 2.05) is 0 Å². The fraction of sp³-hybridized carbons (Fsp3) is 0.0204. The summed E-state index contributed by atoms with van der Waals surface area (Å²) in [6.45, 7) is 0. The van der Waals surface area contributed by atoms with Gasteiger partial charge in [0, 0.05) is 44.3 Å². The first-order valence-corrected chi connectivity index (χ1v) is 35.5. The minimum atomic E-state index is -0.628. The highest BCUT2D eigenvalue weighted by atomic mass is 15.2. The topological polar surface area (TPSA) is 16.3 Å². The molecule has 4 heteroatoms. The normalized spacial score (nSPS) is 13.8. The number of hydrogen-bond acceptors (Lipinski definition) is 2. The molecule has 16 aromatic carbocycles. The molecule has 0 N–H and O–H groups in total. The maximum atomic E-state index is 2.50. The van der Waals surface area contributed by atoms with E-state index in [2.05, 4.69) is 395 Å². The summed E-state index contributed by atoms with van der Waals surface area (Å²) in [6, 6.07) is 141. The number of para-hydroxylation sites is 9. The molecule has 0 fully saturated rings. The zero-order chi connectivity index (χ0) is 66.8. The van der Waals surface area contributed by atoms with Crippen LogP contribution >= 0.6 is 0 Å². The van der Waals surface area contributed by atoms with E-state index in [4.69, 9.17) is 0 Å². The van der Waals surface area contributed by atoms with Crippen LogP contribution < -0.4 is 9.80 Å². The van der Waals surface area contributed by atoms with Gasteiger partial charge in [-0.25, -0.2) is 0 Å². The molecule has 18 aromatic rings. The standard InChI is InChI=1S/C98H62N4/c1-4-26-69(27-5-1)99-90-42-19-12-35-75(90)80-61-67(51-56-91(80)99)65-49-55-84-79(60-65)78-59-64(48-54-83(78)98(84)87-39-16-22-45-94(87)101(71-30-8-3-9-31-71)95-46-23-17-40-88(95)98)63-25-24-32-72(57-63)102-89-41-18-11-34-74(89)76-52-47-68(62-96(76)102)66-50-53-82-77(58-66)73-33-10-13-36-81(73)97(82)85-37-14-20-43-92(85)100(70-28-6-2-7-29-70)93-44-21-15-38-86(93)97/h1-62H. The fourth-order valence-corrected chi connectivity index (χ4v) is 18.8. The first-order chi connectivity index (χ1) is 50.6. The first-order valence-electron chi connectivity index (χ1n) is 35.5. The van der Waals surface area contributed by atoms with Crippen molar-refractivity contribution in [3.63, 3.8) is 0 Å². The van der Waals surface area contributed by atoms with Crippen LogP contribution in [0.2, 0.25) is 0 Å². The highest BCUT2D eigenvalue weighted by Crippen LogP contribution is 2.66. The minimum absolute atomic E-state index is 0.531. The van der Waals surface area contributed by atoms with Crippen LogP contribution in [0.1, 0.15) is 44.5 Å². The molecule has 2 spiro atoms. The molecule has 0 saturated heterocycles. The van der Waals surface area contributed by atoms with Gasteiger partial charge in [0.15, 0.2) is 0 Å². The zero-order valence-electron chi connectivity index (χ0n) is 55.6. The smallest absolute Gasteiger partial charge is 0.0754 e. The Balaban J connectivity index is 0.700. The second kappa shape index (κ2) is 21.6. The molecule has 0 radical (unpaired) electrons. The van der Waals surface area contributed by atoms with Crippen molar-refractivity contribution in [3.8, 4) is 67.0 Å². The van der Waals surface area contributed by atoms with E-state index in [9.17, 15) is 0 Å². The monoisotopic (exact) mass is 1290 g/mol. The molecule has 0 bridgehead atoms. The largest absolute Gasteiger partial charge is 0.310 e. The van der Waals surface area contributed by atoms with Crippen molar-refractivity contribution in [1.29, 1.82) is 0 Å². The van der Waals surface area contributed by atoms with Crippen molar-refractivity contribution in [2.75, 3.05) is 9.80 Å². The van der Waals surface area contributed by atoms with Crippen LogP contribution in [0.15, 0.2) is 376 Å². The Morgan fingerprint density at radius 3 is 1.02 bits per heavy atom. The van der Waals surface area contributed by atoms with Crippen molar-refractivity contribution in [2.24, 2.45) is 0 Å². The molecule has 2 aromatic heterocycles. The predicted octanol–water partition coefficient (Wildman–Crippen LogP) is 25.2. The maximum Gasteiger partial charge on any atom is 0.0754 e. The molecule has 474 valence electrons. The van der Waals surface area contributed by atoms with Crippen molar-refractivity contribution in [3.05, 3.63) is 421 Å². The number of rotatable bonds is 7. The van der Waals surface area contributed by atoms with Gasteiger partial charge >= 0.3 is 0 Å². The molecule has 4 nitrogen and oxygen atoms in total. The maximum absolute atomic E-state index is 2.50. The summed E-state index contributed by atoms with van der Waals surface area (Å²) in [5.74, 6) is 0. The lowest BCUT2D eigenvalue weighted by Crippen LogP contribution is -2.36. The third-order valence-corrected chi connectivity index (χ3v) is 22.9. The Morgan fingerprint density at radius 1 is 0.167 bits per heavy atom. The Morgan fingerprint density at radius 2 is 0.500 bits per heavy atom. The van der Waals surface area contributed by atoms with Crippen LogP contribution in [0.5, 0.6) is 0 Å². The quantitative estimate of drug-likeness (QED) is 0.158. The average molecular weight is 1300 g/mol. The summed E-state index contributed by atoms with van der Waals surface area (Å²) in [6.07, 6.45) is 0. The molecule has 0 unspecified atom stereocenters. The van der Waals surface area contributed by atoms with Gasteiger partial charge in [-0.05, 0) is 221 Å². The molecule has 4 aliphatic rings. The SMILES string of the molecule is c1ccc(N2c3ccccc3C3(c4ccccc4-c4cc(-c5ccc6c7ccccc7n(-c7cccc(-c8ccc9c(c8)-c8cc(-c%10ccc%11c(c%10)c%10ccccc%10n%11-c%10ccccc%10)ccc8C98c9ccccc9N(c9ccccc9)c9ccccc98)c7)c6c5)ccc43)c3ccccc32)cc1. The summed E-state index contributed by atoms with van der Waals surface area (Å²) in [7, 11) is 0. The Bertz CT molecular complexity index is 6440. The van der Waals surface area contributed by atoms with Crippen molar-refractivity contribution in [2.45, 2.75) is 10.8 Å². The Kier molecular flexibility index (Phi) is 12.0. The van der Waals surface area contributed by atoms with Gasteiger partial charge in [0.05, 0.1) is 55.6 Å². The Hall–Kier alpha value is -13.3. The van der Waals surface area contributed by atoms with Crippen LogP contribution in [-0.4, -0.2) is 9.13 Å². The van der Waals surface area contributed by atoms with Crippen LogP contribution in [0.25, 0.3) is 111 Å². The van der Waals surface area contributed by atoms with E-state index in [0.717, 1.165) is 33.9 Å². The van der Waals surface area contributed by atoms with Gasteiger partial charge in [-0.1, -0.05) is 255 Å². The number of aromatic nitrogens is 2. The van der Waals surface area contributed by atoms with Crippen molar-refractivity contribution < 1.29 is 0 Å². The number of fused-ring (bicyclic) bond motifs is 24. The molecule has 22 rings (SSSR count). The van der Waals surface area contributed by atoms with Gasteiger partial charge in [0.1, 0.15) is 0 Å². The first kappa shape index (κ1) is 56.7. The van der Waals surface area contributed by atoms with Crippen LogP contribution in [0.4, 0.5) is 34.1 Å². The lowest BCUT2D eigenvalue weighted by atomic mass is 9.64. The van der Waals surface area contributed by atoms with E-state index in [-0.39, 0.29) is 0 Å². The summed E-state index contributed by atoms with van der Waals surface area (Å²) in [4.78, 5) is 4.92. The van der Waals surface area contributed by atoms with E-state index in [1.54, 1.807) is 0 Å². The minimum Gasteiger partial charge on any atom is -0.310 e. The molecule has 0 atom stereocenters. The van der Waals surface area contributed by atoms with E-state index < -0.39 is 10.8 Å². The number of benzene rings is 16. The second-order valence-electron chi connectivity index (χ2n) is 27.8. The molecular weight excluding hydrogens is 1230 g/mol. The molecule has 102 heavy (non-hydrogen) atoms. The average Bonchev–Trinajstić information content (AvgIpc) is 1.47. The summed E-state index contributed by atoms with van der Waals surface area (Å²) < 4.78 is 4.90. The third-order valence-electron chi connectivity index (χ3n) is 22.9. The lowest BCUT2D eigenvalue weighted by Gasteiger charge is -2.45. The second-order valence-corrected chi connectivity index (χ2v) is 27.8. The van der Waals surface area contributed by atoms with E-state index in [0.29, 0.717) is 0 Å². The van der Waals surface area contributed by atoms with Crippen LogP contribution in [-0.2, 0) is 10.8 Å². The number of nitrogens with zero attached hydrogens (tertiary/aromatic N) is 4. The molecule has 4 heterocycles. The van der Waals surface area contributed by atoms with Crippen LogP contribution in [0.3, 0.4) is 0 Å². The van der Waals surface area contributed by atoms with Crippen molar-refractivity contribution in [1.82, 2.24) is 9.13 Å². The van der Waals surface area contributed by atoms with Gasteiger partial charge in [-0.3, -0.25) is 0 Å². The van der Waals surface area contributed by atoms with E-state index >= 15 is 0 Å². The Labute approximate surface area is 591 Å². The molecule has 2 aliphatic carbocycles. The number of hydrogen-bond donors (Lipinski definition) is 0. The van der Waals surface area contributed by atoms with Crippen LogP contribution in [0, 0.1) is 0 Å². The molecule has 0 amide bonds. The summed E-state index contributed by atoms with van der Waals surface area (Å²) >= 11 is 0. The molecule has 2 aliphatic heterocycles.